The van der Waals surface area contributed by atoms with Gasteiger partial charge in [-0.05, 0) is 24.5 Å². The third-order valence-electron chi connectivity index (χ3n) is 4.82. The number of carbonyl (C=O) groups excluding carboxylic acids is 1. The van der Waals surface area contributed by atoms with Crippen LogP contribution >= 0.6 is 11.3 Å². The number of hydrogen-bond donors (Lipinski definition) is 0. The van der Waals surface area contributed by atoms with Crippen molar-refractivity contribution < 1.29 is 4.79 Å². The maximum absolute atomic E-state index is 12.9. The Morgan fingerprint density at radius 3 is 2.59 bits per heavy atom. The Morgan fingerprint density at radius 2 is 1.82 bits per heavy atom. The van der Waals surface area contributed by atoms with Gasteiger partial charge in [-0.15, -0.1) is 11.3 Å². The highest BCUT2D eigenvalue weighted by atomic mass is 32.1. The van der Waals surface area contributed by atoms with Gasteiger partial charge in [-0.2, -0.15) is 0 Å². The summed E-state index contributed by atoms with van der Waals surface area (Å²) in [5.41, 5.74) is 2.04. The van der Waals surface area contributed by atoms with E-state index >= 15 is 0 Å². The molecule has 0 aliphatic carbocycles. The molecule has 0 radical (unpaired) electrons. The van der Waals surface area contributed by atoms with Crippen LogP contribution in [-0.4, -0.2) is 47.9 Å². The first kappa shape index (κ1) is 14.0. The van der Waals surface area contributed by atoms with Crippen LogP contribution in [0.3, 0.4) is 0 Å². The summed E-state index contributed by atoms with van der Waals surface area (Å²) in [6.45, 7) is 4.19. The molecule has 0 spiro atoms. The minimum absolute atomic E-state index is 0.215. The van der Waals surface area contributed by atoms with Gasteiger partial charge in [0.15, 0.2) is 0 Å². The van der Waals surface area contributed by atoms with Crippen molar-refractivity contribution in [2.75, 3.05) is 26.2 Å². The van der Waals surface area contributed by atoms with Crippen molar-refractivity contribution in [2.24, 2.45) is 0 Å². The van der Waals surface area contributed by atoms with E-state index in [2.05, 4.69) is 28.0 Å². The number of rotatable bonds is 2. The van der Waals surface area contributed by atoms with Gasteiger partial charge in [0, 0.05) is 42.5 Å². The van der Waals surface area contributed by atoms with E-state index in [0.29, 0.717) is 6.04 Å². The summed E-state index contributed by atoms with van der Waals surface area (Å²) in [7, 11) is 0. The SMILES string of the molecule is O=C(c1csc(-c2ccccc2)c1)N1CCN2CCC1CC2. The number of amides is 1. The molecular weight excluding hydrogens is 292 g/mol. The van der Waals surface area contributed by atoms with Crippen molar-refractivity contribution in [1.82, 2.24) is 9.80 Å². The lowest BCUT2D eigenvalue weighted by Gasteiger charge is -2.31. The zero-order valence-corrected chi connectivity index (χ0v) is 13.4. The third-order valence-corrected chi connectivity index (χ3v) is 5.80. The molecule has 3 nitrogen and oxygen atoms in total. The van der Waals surface area contributed by atoms with Gasteiger partial charge >= 0.3 is 0 Å². The van der Waals surface area contributed by atoms with Gasteiger partial charge in [-0.3, -0.25) is 4.79 Å². The van der Waals surface area contributed by atoms with Crippen LogP contribution < -0.4 is 0 Å². The number of nitrogens with zero attached hydrogens (tertiary/aromatic N) is 2. The Balaban J connectivity index is 1.57. The van der Waals surface area contributed by atoms with Crippen molar-refractivity contribution in [2.45, 2.75) is 18.9 Å². The normalized spacial score (nSPS) is 24.3. The van der Waals surface area contributed by atoms with Gasteiger partial charge in [-0.1, -0.05) is 30.3 Å². The van der Waals surface area contributed by atoms with E-state index in [-0.39, 0.29) is 5.91 Å². The van der Waals surface area contributed by atoms with E-state index in [9.17, 15) is 4.79 Å². The Morgan fingerprint density at radius 1 is 1.05 bits per heavy atom. The number of carbonyl (C=O) groups is 1. The lowest BCUT2D eigenvalue weighted by Crippen LogP contribution is -2.41. The maximum Gasteiger partial charge on any atom is 0.255 e. The Kier molecular flexibility index (Phi) is 3.72. The Hall–Kier alpha value is -1.65. The quantitative estimate of drug-likeness (QED) is 0.849. The highest BCUT2D eigenvalue weighted by Crippen LogP contribution is 2.29. The van der Waals surface area contributed by atoms with E-state index in [4.69, 9.17) is 0 Å². The van der Waals surface area contributed by atoms with Crippen LogP contribution in [0.5, 0.6) is 0 Å². The predicted octanol–water partition coefficient (Wildman–Crippen LogP) is 3.34. The molecule has 2 bridgehead atoms. The fourth-order valence-electron chi connectivity index (χ4n) is 3.52. The maximum atomic E-state index is 12.9. The summed E-state index contributed by atoms with van der Waals surface area (Å²) in [6, 6.07) is 12.8. The summed E-state index contributed by atoms with van der Waals surface area (Å²) in [4.78, 5) is 18.7. The van der Waals surface area contributed by atoms with Crippen LogP contribution in [0.2, 0.25) is 0 Å². The predicted molar refractivity (Wildman–Crippen MR) is 90.3 cm³/mol. The lowest BCUT2D eigenvalue weighted by molar-refractivity contribution is 0.0685. The van der Waals surface area contributed by atoms with Crippen molar-refractivity contribution in [3.63, 3.8) is 0 Å². The lowest BCUT2D eigenvalue weighted by atomic mass is 10.0. The van der Waals surface area contributed by atoms with Crippen molar-refractivity contribution in [3.05, 3.63) is 47.3 Å². The Labute approximate surface area is 135 Å². The van der Waals surface area contributed by atoms with Crippen molar-refractivity contribution >= 4 is 17.2 Å². The second kappa shape index (κ2) is 5.86. The molecule has 3 fully saturated rings. The summed E-state index contributed by atoms with van der Waals surface area (Å²) in [5.74, 6) is 0.215. The van der Waals surface area contributed by atoms with E-state index in [0.717, 1.165) is 44.6 Å². The molecule has 114 valence electrons. The highest BCUT2D eigenvalue weighted by Gasteiger charge is 2.32. The first-order chi connectivity index (χ1) is 10.8. The number of hydrogen-bond acceptors (Lipinski definition) is 3. The molecular formula is C18H20N2OS. The van der Waals surface area contributed by atoms with Crippen LogP contribution in [-0.2, 0) is 0 Å². The fourth-order valence-corrected chi connectivity index (χ4v) is 4.41. The van der Waals surface area contributed by atoms with Gasteiger partial charge in [0.05, 0.1) is 5.56 Å². The number of benzene rings is 1. The van der Waals surface area contributed by atoms with Crippen LogP contribution in [0, 0.1) is 0 Å². The van der Waals surface area contributed by atoms with Gasteiger partial charge < -0.3 is 9.80 Å². The molecule has 22 heavy (non-hydrogen) atoms. The minimum Gasteiger partial charge on any atom is -0.334 e. The molecule has 2 aromatic rings. The standard InChI is InChI=1S/C18H20N2OS/c21-18(20-11-10-19-8-6-16(20)7-9-19)15-12-17(22-13-15)14-4-2-1-3-5-14/h1-5,12-13,16H,6-11H2. The van der Waals surface area contributed by atoms with E-state index in [1.807, 2.05) is 23.6 Å². The van der Waals surface area contributed by atoms with Gasteiger partial charge in [0.2, 0.25) is 0 Å². The number of thiophene rings is 1. The molecule has 0 unspecified atom stereocenters. The van der Waals surface area contributed by atoms with Gasteiger partial charge in [0.1, 0.15) is 0 Å². The number of piperidine rings is 1. The monoisotopic (exact) mass is 312 g/mol. The minimum atomic E-state index is 0.215. The first-order valence-corrected chi connectivity index (χ1v) is 8.86. The molecule has 0 saturated carbocycles. The smallest absolute Gasteiger partial charge is 0.255 e. The van der Waals surface area contributed by atoms with Gasteiger partial charge in [0.25, 0.3) is 5.91 Å². The molecule has 4 heterocycles. The van der Waals surface area contributed by atoms with Gasteiger partial charge in [-0.25, -0.2) is 0 Å². The van der Waals surface area contributed by atoms with Crippen LogP contribution in [0.1, 0.15) is 23.2 Å². The second-order valence-electron chi connectivity index (χ2n) is 6.14. The zero-order valence-electron chi connectivity index (χ0n) is 12.6. The number of fused-ring (bicyclic) bond motifs is 4. The first-order valence-electron chi connectivity index (χ1n) is 7.98. The van der Waals surface area contributed by atoms with E-state index in [1.165, 1.54) is 10.4 Å². The average Bonchev–Trinajstić information content (AvgIpc) is 2.88. The molecule has 3 aliphatic rings. The molecule has 0 atom stereocenters. The summed E-state index contributed by atoms with van der Waals surface area (Å²) < 4.78 is 0. The molecule has 5 rings (SSSR count). The van der Waals surface area contributed by atoms with Crippen LogP contribution in [0.25, 0.3) is 10.4 Å². The molecule has 1 aromatic carbocycles. The van der Waals surface area contributed by atoms with Crippen LogP contribution in [0.4, 0.5) is 0 Å². The fraction of sp³-hybridized carbons (Fsp3) is 0.389. The summed E-state index contributed by atoms with van der Waals surface area (Å²) in [6.07, 6.45) is 2.25. The largest absolute Gasteiger partial charge is 0.334 e. The van der Waals surface area contributed by atoms with E-state index < -0.39 is 0 Å². The molecule has 3 saturated heterocycles. The van der Waals surface area contributed by atoms with Crippen LogP contribution in [0.15, 0.2) is 41.8 Å². The zero-order chi connectivity index (χ0) is 14.9. The highest BCUT2D eigenvalue weighted by molar-refractivity contribution is 7.13. The molecule has 0 N–H and O–H groups in total. The topological polar surface area (TPSA) is 23.6 Å². The molecule has 3 aliphatic heterocycles. The molecule has 4 heteroatoms. The van der Waals surface area contributed by atoms with E-state index in [1.54, 1.807) is 11.3 Å². The second-order valence-corrected chi connectivity index (χ2v) is 7.05. The average molecular weight is 312 g/mol. The molecule has 1 amide bonds. The molecule has 1 aromatic heterocycles. The summed E-state index contributed by atoms with van der Waals surface area (Å²) in [5, 5.41) is 2.02. The third kappa shape index (κ3) is 2.57. The van der Waals surface area contributed by atoms with Crippen molar-refractivity contribution in [1.29, 1.82) is 0 Å². The van der Waals surface area contributed by atoms with Crippen molar-refractivity contribution in [3.8, 4) is 10.4 Å². The Bertz CT molecular complexity index is 659. The summed E-state index contributed by atoms with van der Waals surface area (Å²) >= 11 is 1.66.